The fourth-order valence-corrected chi connectivity index (χ4v) is 1.79. The SMILES string of the molecule is CCc1ccc(CC(=O)CCNC(C)(C)C)cc1. The molecule has 0 radical (unpaired) electrons. The predicted molar refractivity (Wildman–Crippen MR) is 76.9 cm³/mol. The molecule has 0 heterocycles. The molecule has 1 aromatic carbocycles. The Morgan fingerprint density at radius 3 is 2.17 bits per heavy atom. The molecule has 0 aromatic heterocycles. The van der Waals surface area contributed by atoms with Crippen LogP contribution in [0, 0.1) is 0 Å². The predicted octanol–water partition coefficient (Wildman–Crippen LogP) is 3.14. The molecule has 18 heavy (non-hydrogen) atoms. The number of ketones is 1. The minimum absolute atomic E-state index is 0.0864. The number of aryl methyl sites for hydroxylation is 1. The summed E-state index contributed by atoms with van der Waals surface area (Å²) < 4.78 is 0. The van der Waals surface area contributed by atoms with E-state index in [2.05, 4.69) is 57.3 Å². The van der Waals surface area contributed by atoms with Gasteiger partial charge in [-0.15, -0.1) is 0 Å². The van der Waals surface area contributed by atoms with Crippen molar-refractivity contribution in [2.75, 3.05) is 6.54 Å². The second-order valence-electron chi connectivity index (χ2n) is 5.81. The Hall–Kier alpha value is -1.15. The van der Waals surface area contributed by atoms with E-state index in [9.17, 15) is 4.79 Å². The Labute approximate surface area is 111 Å². The Morgan fingerprint density at radius 2 is 1.67 bits per heavy atom. The van der Waals surface area contributed by atoms with Crippen LogP contribution >= 0.6 is 0 Å². The van der Waals surface area contributed by atoms with Crippen LogP contribution in [0.1, 0.15) is 45.2 Å². The Kier molecular flexibility index (Phi) is 5.54. The molecule has 0 aliphatic rings. The number of nitrogens with one attached hydrogen (secondary N) is 1. The standard InChI is InChI=1S/C16H25NO/c1-5-13-6-8-14(9-7-13)12-15(18)10-11-17-16(2,3)4/h6-9,17H,5,10-12H2,1-4H3. The summed E-state index contributed by atoms with van der Waals surface area (Å²) in [6.45, 7) is 9.23. The van der Waals surface area contributed by atoms with Gasteiger partial charge in [-0.25, -0.2) is 0 Å². The minimum atomic E-state index is 0.0864. The molecule has 0 unspecified atom stereocenters. The van der Waals surface area contributed by atoms with Gasteiger partial charge < -0.3 is 5.32 Å². The molecule has 0 amide bonds. The summed E-state index contributed by atoms with van der Waals surface area (Å²) in [7, 11) is 0. The van der Waals surface area contributed by atoms with Crippen molar-refractivity contribution in [2.45, 2.75) is 52.5 Å². The van der Waals surface area contributed by atoms with E-state index in [-0.39, 0.29) is 5.54 Å². The maximum absolute atomic E-state index is 11.8. The molecule has 0 saturated carbocycles. The fourth-order valence-electron chi connectivity index (χ4n) is 1.79. The van der Waals surface area contributed by atoms with E-state index >= 15 is 0 Å². The molecule has 100 valence electrons. The Morgan fingerprint density at radius 1 is 1.11 bits per heavy atom. The van der Waals surface area contributed by atoms with Crippen molar-refractivity contribution in [1.82, 2.24) is 5.32 Å². The first-order valence-electron chi connectivity index (χ1n) is 6.75. The molecule has 0 saturated heterocycles. The van der Waals surface area contributed by atoms with Crippen LogP contribution in [0.4, 0.5) is 0 Å². The summed E-state index contributed by atoms with van der Waals surface area (Å²) in [4.78, 5) is 11.8. The first kappa shape index (κ1) is 14.9. The lowest BCUT2D eigenvalue weighted by Crippen LogP contribution is -2.37. The molecular formula is C16H25NO. The van der Waals surface area contributed by atoms with Gasteiger partial charge in [0.1, 0.15) is 5.78 Å². The fraction of sp³-hybridized carbons (Fsp3) is 0.562. The highest BCUT2D eigenvalue weighted by atomic mass is 16.1. The number of hydrogen-bond donors (Lipinski definition) is 1. The molecule has 0 aliphatic heterocycles. The highest BCUT2D eigenvalue weighted by Crippen LogP contribution is 2.07. The molecule has 0 spiro atoms. The Bertz CT molecular complexity index is 373. The first-order valence-corrected chi connectivity index (χ1v) is 6.75. The van der Waals surface area contributed by atoms with Crippen LogP contribution in [0.5, 0.6) is 0 Å². The third kappa shape index (κ3) is 5.97. The smallest absolute Gasteiger partial charge is 0.138 e. The average Bonchev–Trinajstić information content (AvgIpc) is 2.28. The topological polar surface area (TPSA) is 29.1 Å². The second kappa shape index (κ2) is 6.69. The number of carbonyl (C=O) groups is 1. The van der Waals surface area contributed by atoms with Crippen LogP contribution in [0.2, 0.25) is 0 Å². The summed E-state index contributed by atoms with van der Waals surface area (Å²) in [5.74, 6) is 0.302. The summed E-state index contributed by atoms with van der Waals surface area (Å²) in [5, 5.41) is 3.34. The molecule has 0 aliphatic carbocycles. The van der Waals surface area contributed by atoms with Crippen LogP contribution in [0.15, 0.2) is 24.3 Å². The van der Waals surface area contributed by atoms with Gasteiger partial charge in [0.05, 0.1) is 0 Å². The van der Waals surface area contributed by atoms with Crippen molar-refractivity contribution < 1.29 is 4.79 Å². The Balaban J connectivity index is 2.35. The van der Waals surface area contributed by atoms with Crippen LogP contribution < -0.4 is 5.32 Å². The number of Topliss-reactive ketones (excluding diaryl/α,β-unsaturated/α-hetero) is 1. The van der Waals surface area contributed by atoms with Crippen molar-refractivity contribution in [2.24, 2.45) is 0 Å². The maximum atomic E-state index is 11.8. The normalized spacial score (nSPS) is 11.6. The monoisotopic (exact) mass is 247 g/mol. The van der Waals surface area contributed by atoms with Crippen molar-refractivity contribution in [1.29, 1.82) is 0 Å². The summed E-state index contributed by atoms with van der Waals surface area (Å²) in [6, 6.07) is 8.34. The van der Waals surface area contributed by atoms with Crippen molar-refractivity contribution in [3.8, 4) is 0 Å². The van der Waals surface area contributed by atoms with Gasteiger partial charge in [0.15, 0.2) is 0 Å². The minimum Gasteiger partial charge on any atom is -0.312 e. The lowest BCUT2D eigenvalue weighted by Gasteiger charge is -2.20. The number of hydrogen-bond acceptors (Lipinski definition) is 2. The molecule has 1 rings (SSSR count). The van der Waals surface area contributed by atoms with Crippen LogP contribution in [0.3, 0.4) is 0 Å². The average molecular weight is 247 g/mol. The zero-order valence-corrected chi connectivity index (χ0v) is 12.0. The number of benzene rings is 1. The van der Waals surface area contributed by atoms with E-state index in [4.69, 9.17) is 0 Å². The largest absolute Gasteiger partial charge is 0.312 e. The van der Waals surface area contributed by atoms with E-state index in [1.54, 1.807) is 0 Å². The molecule has 0 bridgehead atoms. The van der Waals surface area contributed by atoms with Crippen molar-refractivity contribution >= 4 is 5.78 Å². The van der Waals surface area contributed by atoms with Crippen molar-refractivity contribution in [3.05, 3.63) is 35.4 Å². The zero-order valence-electron chi connectivity index (χ0n) is 12.0. The van der Waals surface area contributed by atoms with Crippen LogP contribution in [-0.4, -0.2) is 17.9 Å². The molecule has 0 fully saturated rings. The molecular weight excluding hydrogens is 222 g/mol. The van der Waals surface area contributed by atoms with E-state index in [0.717, 1.165) is 18.5 Å². The van der Waals surface area contributed by atoms with Gasteiger partial charge in [0.25, 0.3) is 0 Å². The first-order chi connectivity index (χ1) is 8.40. The molecule has 0 atom stereocenters. The quantitative estimate of drug-likeness (QED) is 0.836. The third-order valence-electron chi connectivity index (χ3n) is 2.89. The summed E-state index contributed by atoms with van der Waals surface area (Å²) >= 11 is 0. The van der Waals surface area contributed by atoms with Gasteiger partial charge in [-0.3, -0.25) is 4.79 Å². The molecule has 1 N–H and O–H groups in total. The highest BCUT2D eigenvalue weighted by Gasteiger charge is 2.09. The lowest BCUT2D eigenvalue weighted by molar-refractivity contribution is -0.118. The van der Waals surface area contributed by atoms with Gasteiger partial charge in [-0.1, -0.05) is 31.2 Å². The summed E-state index contributed by atoms with van der Waals surface area (Å²) in [5.41, 5.74) is 2.52. The van der Waals surface area contributed by atoms with Gasteiger partial charge in [0, 0.05) is 24.9 Å². The van der Waals surface area contributed by atoms with Crippen LogP contribution in [0.25, 0.3) is 0 Å². The number of rotatable bonds is 6. The summed E-state index contributed by atoms with van der Waals surface area (Å²) in [6.07, 6.45) is 2.20. The van der Waals surface area contributed by atoms with Gasteiger partial charge >= 0.3 is 0 Å². The van der Waals surface area contributed by atoms with Crippen LogP contribution in [-0.2, 0) is 17.6 Å². The number of carbonyl (C=O) groups excluding carboxylic acids is 1. The highest BCUT2D eigenvalue weighted by molar-refractivity contribution is 5.81. The van der Waals surface area contributed by atoms with Gasteiger partial charge in [0.2, 0.25) is 0 Å². The van der Waals surface area contributed by atoms with E-state index in [1.165, 1.54) is 5.56 Å². The third-order valence-corrected chi connectivity index (χ3v) is 2.89. The van der Waals surface area contributed by atoms with E-state index < -0.39 is 0 Å². The van der Waals surface area contributed by atoms with Gasteiger partial charge in [-0.05, 0) is 38.3 Å². The molecule has 1 aromatic rings. The second-order valence-corrected chi connectivity index (χ2v) is 5.81. The molecule has 2 heteroatoms. The lowest BCUT2D eigenvalue weighted by atomic mass is 10.0. The van der Waals surface area contributed by atoms with E-state index in [0.29, 0.717) is 18.6 Å². The van der Waals surface area contributed by atoms with Crippen molar-refractivity contribution in [3.63, 3.8) is 0 Å². The zero-order chi connectivity index (χ0) is 13.6. The maximum Gasteiger partial charge on any atom is 0.138 e. The molecule has 2 nitrogen and oxygen atoms in total. The van der Waals surface area contributed by atoms with E-state index in [1.807, 2.05) is 0 Å². The van der Waals surface area contributed by atoms with Gasteiger partial charge in [-0.2, -0.15) is 0 Å².